The Labute approximate surface area is 118 Å². The zero-order valence-corrected chi connectivity index (χ0v) is 10.8. The molecular formula is C13H13F3N2O3. The summed E-state index contributed by atoms with van der Waals surface area (Å²) >= 11 is 0. The van der Waals surface area contributed by atoms with Crippen LogP contribution in [0.4, 0.5) is 18.9 Å². The van der Waals surface area contributed by atoms with Gasteiger partial charge in [0.05, 0.1) is 23.4 Å². The van der Waals surface area contributed by atoms with Gasteiger partial charge in [0.2, 0.25) is 5.91 Å². The number of hydrogen-bond acceptors (Lipinski definition) is 3. The number of alkyl halides is 3. The number of nitrogens with one attached hydrogen (secondary N) is 2. The van der Waals surface area contributed by atoms with Gasteiger partial charge in [0.25, 0.3) is 0 Å². The molecule has 0 atom stereocenters. The van der Waals surface area contributed by atoms with Crippen molar-refractivity contribution in [1.29, 1.82) is 0 Å². The van der Waals surface area contributed by atoms with Crippen molar-refractivity contribution in [2.75, 3.05) is 18.4 Å². The predicted molar refractivity (Wildman–Crippen MR) is 70.1 cm³/mol. The smallest absolute Gasteiger partial charge is 0.416 e. The fraction of sp³-hybridized carbons (Fsp3) is 0.231. The molecule has 0 radical (unpaired) electrons. The van der Waals surface area contributed by atoms with Crippen LogP contribution in [-0.2, 0) is 11.0 Å². The minimum atomic E-state index is -4.63. The number of amides is 1. The Balaban J connectivity index is 2.99. The molecule has 0 bridgehead atoms. The molecule has 1 rings (SSSR count). The summed E-state index contributed by atoms with van der Waals surface area (Å²) in [7, 11) is 0. The lowest BCUT2D eigenvalue weighted by Gasteiger charge is -2.12. The molecule has 1 aromatic carbocycles. The third kappa shape index (κ3) is 4.92. The third-order valence-corrected chi connectivity index (χ3v) is 2.43. The van der Waals surface area contributed by atoms with E-state index >= 15 is 0 Å². The van der Waals surface area contributed by atoms with Gasteiger partial charge in [0.15, 0.2) is 0 Å². The zero-order valence-electron chi connectivity index (χ0n) is 10.8. The largest absolute Gasteiger partial charge is 0.478 e. The van der Waals surface area contributed by atoms with Gasteiger partial charge in [-0.3, -0.25) is 4.79 Å². The van der Waals surface area contributed by atoms with Gasteiger partial charge in [-0.1, -0.05) is 6.08 Å². The second-order valence-corrected chi connectivity index (χ2v) is 4.03. The number of carboxylic acid groups (broad SMARTS) is 1. The molecule has 0 saturated heterocycles. The van der Waals surface area contributed by atoms with E-state index in [0.717, 1.165) is 6.07 Å². The van der Waals surface area contributed by atoms with Crippen LogP contribution in [0.2, 0.25) is 0 Å². The summed E-state index contributed by atoms with van der Waals surface area (Å²) in [6, 6.07) is 2.04. The van der Waals surface area contributed by atoms with Gasteiger partial charge < -0.3 is 15.7 Å². The lowest BCUT2D eigenvalue weighted by Crippen LogP contribution is -2.28. The second kappa shape index (κ2) is 6.89. The normalized spacial score (nSPS) is 11.0. The molecule has 0 aliphatic heterocycles. The summed E-state index contributed by atoms with van der Waals surface area (Å²) in [6.07, 6.45) is -3.13. The van der Waals surface area contributed by atoms with Crippen LogP contribution in [0.5, 0.6) is 0 Å². The van der Waals surface area contributed by atoms with Gasteiger partial charge in [0, 0.05) is 6.54 Å². The molecule has 0 heterocycles. The van der Waals surface area contributed by atoms with E-state index in [2.05, 4.69) is 17.2 Å². The first-order chi connectivity index (χ1) is 9.75. The maximum atomic E-state index is 12.6. The molecule has 1 amide bonds. The van der Waals surface area contributed by atoms with Gasteiger partial charge in [-0.15, -0.1) is 6.58 Å². The van der Waals surface area contributed by atoms with Crippen LogP contribution < -0.4 is 10.6 Å². The minimum absolute atomic E-state index is 0.179. The zero-order chi connectivity index (χ0) is 16.0. The second-order valence-electron chi connectivity index (χ2n) is 4.03. The Bertz CT molecular complexity index is 556. The van der Waals surface area contributed by atoms with Crippen molar-refractivity contribution in [1.82, 2.24) is 5.32 Å². The van der Waals surface area contributed by atoms with Crippen LogP contribution >= 0.6 is 0 Å². The van der Waals surface area contributed by atoms with E-state index in [1.165, 1.54) is 6.08 Å². The monoisotopic (exact) mass is 302 g/mol. The number of benzene rings is 1. The number of carboxylic acids is 1. The van der Waals surface area contributed by atoms with Crippen molar-refractivity contribution in [3.05, 3.63) is 42.0 Å². The van der Waals surface area contributed by atoms with Gasteiger partial charge in [-0.25, -0.2) is 4.79 Å². The number of aromatic carboxylic acids is 1. The maximum absolute atomic E-state index is 12.6. The molecule has 0 saturated carbocycles. The van der Waals surface area contributed by atoms with E-state index in [0.29, 0.717) is 18.7 Å². The van der Waals surface area contributed by atoms with E-state index in [-0.39, 0.29) is 6.54 Å². The predicted octanol–water partition coefficient (Wildman–Crippen LogP) is 2.12. The number of anilines is 1. The molecule has 8 heteroatoms. The Morgan fingerprint density at radius 1 is 1.33 bits per heavy atom. The van der Waals surface area contributed by atoms with Gasteiger partial charge >= 0.3 is 12.1 Å². The molecule has 0 aliphatic rings. The van der Waals surface area contributed by atoms with Crippen LogP contribution in [0.3, 0.4) is 0 Å². The molecule has 0 spiro atoms. The highest BCUT2D eigenvalue weighted by Gasteiger charge is 2.31. The van der Waals surface area contributed by atoms with E-state index < -0.39 is 34.9 Å². The standard InChI is InChI=1S/C13H13F3N2O3/c1-2-5-17-7-11(19)18-10-6-8(13(14,15)16)3-4-9(10)12(20)21/h2-4,6,17H,1,5,7H2,(H,18,19)(H,20,21). The molecule has 5 nitrogen and oxygen atoms in total. The van der Waals surface area contributed by atoms with E-state index in [1.54, 1.807) is 0 Å². The highest BCUT2D eigenvalue weighted by atomic mass is 19.4. The Kier molecular flexibility index (Phi) is 5.48. The van der Waals surface area contributed by atoms with Crippen LogP contribution in [0.1, 0.15) is 15.9 Å². The van der Waals surface area contributed by atoms with E-state index in [4.69, 9.17) is 5.11 Å². The summed E-state index contributed by atoms with van der Waals surface area (Å²) in [5.41, 5.74) is -1.86. The first-order valence-electron chi connectivity index (χ1n) is 5.81. The van der Waals surface area contributed by atoms with Crippen LogP contribution in [0, 0.1) is 0 Å². The molecule has 114 valence electrons. The number of hydrogen-bond donors (Lipinski definition) is 3. The van der Waals surface area contributed by atoms with Crippen LogP contribution in [0.25, 0.3) is 0 Å². The number of halogens is 3. The Hall–Kier alpha value is -2.35. The quantitative estimate of drug-likeness (QED) is 0.555. The van der Waals surface area contributed by atoms with Crippen LogP contribution in [0.15, 0.2) is 30.9 Å². The summed E-state index contributed by atoms with van der Waals surface area (Å²) in [5, 5.41) is 13.7. The fourth-order valence-electron chi connectivity index (χ4n) is 1.49. The summed E-state index contributed by atoms with van der Waals surface area (Å²) < 4.78 is 37.8. The molecule has 0 unspecified atom stereocenters. The lowest BCUT2D eigenvalue weighted by molar-refractivity contribution is -0.137. The van der Waals surface area contributed by atoms with Crippen molar-refractivity contribution >= 4 is 17.6 Å². The number of rotatable bonds is 6. The lowest BCUT2D eigenvalue weighted by atomic mass is 10.1. The molecule has 0 fully saturated rings. The highest BCUT2D eigenvalue weighted by Crippen LogP contribution is 2.32. The van der Waals surface area contributed by atoms with Crippen molar-refractivity contribution < 1.29 is 27.9 Å². The molecule has 3 N–H and O–H groups in total. The first kappa shape index (κ1) is 16.7. The van der Waals surface area contributed by atoms with Gasteiger partial charge in [-0.05, 0) is 18.2 Å². The van der Waals surface area contributed by atoms with E-state index in [9.17, 15) is 22.8 Å². The van der Waals surface area contributed by atoms with Crippen molar-refractivity contribution in [3.8, 4) is 0 Å². The van der Waals surface area contributed by atoms with Crippen LogP contribution in [-0.4, -0.2) is 30.1 Å². The first-order valence-corrected chi connectivity index (χ1v) is 5.81. The molecule has 1 aromatic rings. The average Bonchev–Trinajstić information content (AvgIpc) is 2.37. The fourth-order valence-corrected chi connectivity index (χ4v) is 1.49. The van der Waals surface area contributed by atoms with Crippen molar-refractivity contribution in [2.24, 2.45) is 0 Å². The molecular weight excluding hydrogens is 289 g/mol. The maximum Gasteiger partial charge on any atom is 0.416 e. The van der Waals surface area contributed by atoms with Crippen molar-refractivity contribution in [2.45, 2.75) is 6.18 Å². The Morgan fingerprint density at radius 2 is 2.00 bits per heavy atom. The SMILES string of the molecule is C=CCNCC(=O)Nc1cc(C(F)(F)F)ccc1C(=O)O. The topological polar surface area (TPSA) is 78.4 Å². The minimum Gasteiger partial charge on any atom is -0.478 e. The van der Waals surface area contributed by atoms with Gasteiger partial charge in [-0.2, -0.15) is 13.2 Å². The summed E-state index contributed by atoms with van der Waals surface area (Å²) in [5.74, 6) is -2.09. The summed E-state index contributed by atoms with van der Waals surface area (Å²) in [6.45, 7) is 3.58. The number of carbonyl (C=O) groups is 2. The third-order valence-electron chi connectivity index (χ3n) is 2.43. The van der Waals surface area contributed by atoms with Crippen molar-refractivity contribution in [3.63, 3.8) is 0 Å². The Morgan fingerprint density at radius 3 is 2.52 bits per heavy atom. The molecule has 21 heavy (non-hydrogen) atoms. The molecule has 0 aliphatic carbocycles. The number of carbonyl (C=O) groups excluding carboxylic acids is 1. The highest BCUT2D eigenvalue weighted by molar-refractivity contribution is 6.01. The molecule has 0 aromatic heterocycles. The summed E-state index contributed by atoms with van der Waals surface area (Å²) in [4.78, 5) is 22.5. The average molecular weight is 302 g/mol. The van der Waals surface area contributed by atoms with E-state index in [1.807, 2.05) is 0 Å². The van der Waals surface area contributed by atoms with Gasteiger partial charge in [0.1, 0.15) is 0 Å².